The summed E-state index contributed by atoms with van der Waals surface area (Å²) in [5.74, 6) is -0.0440. The summed E-state index contributed by atoms with van der Waals surface area (Å²) < 4.78 is 0. The third kappa shape index (κ3) is 5.19. The molecule has 112 valence electrons. The predicted molar refractivity (Wildman–Crippen MR) is 84.2 cm³/mol. The highest BCUT2D eigenvalue weighted by molar-refractivity contribution is 5.99. The Morgan fingerprint density at radius 1 is 1.35 bits per heavy atom. The van der Waals surface area contributed by atoms with Crippen LogP contribution in [-0.4, -0.2) is 23.5 Å². The summed E-state index contributed by atoms with van der Waals surface area (Å²) >= 11 is 0. The van der Waals surface area contributed by atoms with Gasteiger partial charge < -0.3 is 10.6 Å². The van der Waals surface area contributed by atoms with Crippen molar-refractivity contribution in [2.75, 3.05) is 11.9 Å². The van der Waals surface area contributed by atoms with Crippen LogP contribution in [0, 0.1) is 6.92 Å². The molecule has 4 heteroatoms. The lowest BCUT2D eigenvalue weighted by molar-refractivity contribution is 0.0938. The summed E-state index contributed by atoms with van der Waals surface area (Å²) in [4.78, 5) is 16.5. The molecule has 0 aliphatic heterocycles. The maximum Gasteiger partial charge on any atom is 0.255 e. The molecule has 0 saturated heterocycles. The summed E-state index contributed by atoms with van der Waals surface area (Å²) in [6.07, 6.45) is 6.25. The topological polar surface area (TPSA) is 54.0 Å². The molecule has 0 fully saturated rings. The SMILES string of the molecule is CCCCCC(C)NC(=O)c1cnc(C)cc1NCC. The number of nitrogens with one attached hydrogen (secondary N) is 2. The van der Waals surface area contributed by atoms with E-state index in [0.717, 1.165) is 30.8 Å². The van der Waals surface area contributed by atoms with E-state index in [1.807, 2.05) is 19.9 Å². The molecule has 1 unspecified atom stereocenters. The van der Waals surface area contributed by atoms with Gasteiger partial charge in [0, 0.05) is 24.5 Å². The molecule has 1 amide bonds. The second-order valence-electron chi connectivity index (χ2n) is 5.27. The number of anilines is 1. The van der Waals surface area contributed by atoms with E-state index in [1.165, 1.54) is 12.8 Å². The number of aromatic nitrogens is 1. The van der Waals surface area contributed by atoms with Gasteiger partial charge in [0.1, 0.15) is 0 Å². The van der Waals surface area contributed by atoms with Crippen LogP contribution in [0.2, 0.25) is 0 Å². The van der Waals surface area contributed by atoms with Gasteiger partial charge in [0.2, 0.25) is 0 Å². The molecule has 0 spiro atoms. The summed E-state index contributed by atoms with van der Waals surface area (Å²) in [6.45, 7) is 8.97. The number of rotatable bonds is 8. The second-order valence-corrected chi connectivity index (χ2v) is 5.27. The molecule has 1 atom stereocenters. The van der Waals surface area contributed by atoms with Gasteiger partial charge >= 0.3 is 0 Å². The Kier molecular flexibility index (Phi) is 7.05. The van der Waals surface area contributed by atoms with Crippen LogP contribution in [0.4, 0.5) is 5.69 Å². The van der Waals surface area contributed by atoms with Crippen molar-refractivity contribution < 1.29 is 4.79 Å². The van der Waals surface area contributed by atoms with Crippen molar-refractivity contribution in [2.24, 2.45) is 0 Å². The first kappa shape index (κ1) is 16.5. The molecule has 0 radical (unpaired) electrons. The van der Waals surface area contributed by atoms with Crippen molar-refractivity contribution in [3.63, 3.8) is 0 Å². The van der Waals surface area contributed by atoms with Crippen molar-refractivity contribution >= 4 is 11.6 Å². The maximum absolute atomic E-state index is 12.3. The summed E-state index contributed by atoms with van der Waals surface area (Å²) in [7, 11) is 0. The zero-order valence-corrected chi connectivity index (χ0v) is 13.1. The number of hydrogen-bond acceptors (Lipinski definition) is 3. The highest BCUT2D eigenvalue weighted by Gasteiger charge is 2.14. The number of amides is 1. The summed E-state index contributed by atoms with van der Waals surface area (Å²) in [5.41, 5.74) is 2.39. The number of nitrogens with zero attached hydrogens (tertiary/aromatic N) is 1. The predicted octanol–water partition coefficient (Wildman–Crippen LogP) is 3.52. The fourth-order valence-electron chi connectivity index (χ4n) is 2.15. The fourth-order valence-corrected chi connectivity index (χ4v) is 2.15. The van der Waals surface area contributed by atoms with E-state index in [4.69, 9.17) is 0 Å². The Morgan fingerprint density at radius 3 is 2.75 bits per heavy atom. The molecule has 4 nitrogen and oxygen atoms in total. The van der Waals surface area contributed by atoms with Crippen molar-refractivity contribution in [3.8, 4) is 0 Å². The first-order valence-corrected chi connectivity index (χ1v) is 7.59. The molecule has 0 bridgehead atoms. The van der Waals surface area contributed by atoms with Gasteiger partial charge in [0.25, 0.3) is 5.91 Å². The van der Waals surface area contributed by atoms with Crippen LogP contribution in [0.15, 0.2) is 12.3 Å². The Hall–Kier alpha value is -1.58. The molecular weight excluding hydrogens is 250 g/mol. The van der Waals surface area contributed by atoms with E-state index in [0.29, 0.717) is 5.56 Å². The normalized spacial score (nSPS) is 12.0. The van der Waals surface area contributed by atoms with Crippen LogP contribution in [-0.2, 0) is 0 Å². The summed E-state index contributed by atoms with van der Waals surface area (Å²) in [5, 5.41) is 6.28. The lowest BCUT2D eigenvalue weighted by atomic mass is 10.1. The van der Waals surface area contributed by atoms with E-state index in [1.54, 1.807) is 6.20 Å². The quantitative estimate of drug-likeness (QED) is 0.715. The molecular formula is C16H27N3O. The monoisotopic (exact) mass is 277 g/mol. The third-order valence-electron chi connectivity index (χ3n) is 3.27. The van der Waals surface area contributed by atoms with E-state index >= 15 is 0 Å². The van der Waals surface area contributed by atoms with Gasteiger partial charge in [-0.25, -0.2) is 0 Å². The van der Waals surface area contributed by atoms with Gasteiger partial charge in [-0.05, 0) is 33.3 Å². The Bertz CT molecular complexity index is 432. The van der Waals surface area contributed by atoms with Crippen LogP contribution >= 0.6 is 0 Å². The van der Waals surface area contributed by atoms with Gasteiger partial charge in [0.15, 0.2) is 0 Å². The smallest absolute Gasteiger partial charge is 0.255 e. The van der Waals surface area contributed by atoms with Crippen LogP contribution in [0.25, 0.3) is 0 Å². The zero-order valence-electron chi connectivity index (χ0n) is 13.1. The van der Waals surface area contributed by atoms with Gasteiger partial charge in [-0.15, -0.1) is 0 Å². The minimum atomic E-state index is -0.0440. The number of hydrogen-bond donors (Lipinski definition) is 2. The number of pyridine rings is 1. The molecule has 0 aliphatic carbocycles. The fraction of sp³-hybridized carbons (Fsp3) is 0.625. The Balaban J connectivity index is 2.66. The second kappa shape index (κ2) is 8.56. The van der Waals surface area contributed by atoms with Crippen LogP contribution < -0.4 is 10.6 Å². The molecule has 1 heterocycles. The maximum atomic E-state index is 12.3. The van der Waals surface area contributed by atoms with Gasteiger partial charge in [-0.3, -0.25) is 9.78 Å². The minimum absolute atomic E-state index is 0.0440. The number of aryl methyl sites for hydroxylation is 1. The molecule has 0 aromatic carbocycles. The molecule has 2 N–H and O–H groups in total. The van der Waals surface area contributed by atoms with Gasteiger partial charge in [0.05, 0.1) is 11.3 Å². The summed E-state index contributed by atoms with van der Waals surface area (Å²) in [6, 6.07) is 2.12. The van der Waals surface area contributed by atoms with Gasteiger partial charge in [-0.2, -0.15) is 0 Å². The van der Waals surface area contributed by atoms with Crippen molar-refractivity contribution in [1.82, 2.24) is 10.3 Å². The lowest BCUT2D eigenvalue weighted by Crippen LogP contribution is -2.33. The van der Waals surface area contributed by atoms with E-state index in [9.17, 15) is 4.79 Å². The van der Waals surface area contributed by atoms with Crippen LogP contribution in [0.5, 0.6) is 0 Å². The highest BCUT2D eigenvalue weighted by Crippen LogP contribution is 2.16. The molecule has 1 aromatic rings. The molecule has 1 aromatic heterocycles. The first-order chi connectivity index (χ1) is 9.58. The van der Waals surface area contributed by atoms with Crippen LogP contribution in [0.1, 0.15) is 62.5 Å². The van der Waals surface area contributed by atoms with Crippen LogP contribution in [0.3, 0.4) is 0 Å². The Morgan fingerprint density at radius 2 is 2.10 bits per heavy atom. The standard InChI is InChI=1S/C16H27N3O/c1-5-7-8-9-12(3)19-16(20)14-11-18-13(4)10-15(14)17-6-2/h10-12H,5-9H2,1-4H3,(H,17,18)(H,19,20). The van der Waals surface area contributed by atoms with Crippen molar-refractivity contribution in [2.45, 2.75) is 59.4 Å². The lowest BCUT2D eigenvalue weighted by Gasteiger charge is -2.16. The molecule has 0 saturated carbocycles. The zero-order chi connectivity index (χ0) is 15.0. The van der Waals surface area contributed by atoms with E-state index < -0.39 is 0 Å². The number of carbonyl (C=O) groups is 1. The highest BCUT2D eigenvalue weighted by atomic mass is 16.1. The van der Waals surface area contributed by atoms with Crippen molar-refractivity contribution in [1.29, 1.82) is 0 Å². The van der Waals surface area contributed by atoms with E-state index in [2.05, 4.69) is 29.5 Å². The number of carbonyl (C=O) groups excluding carboxylic acids is 1. The minimum Gasteiger partial charge on any atom is -0.385 e. The third-order valence-corrected chi connectivity index (χ3v) is 3.27. The van der Waals surface area contributed by atoms with E-state index in [-0.39, 0.29) is 11.9 Å². The molecule has 20 heavy (non-hydrogen) atoms. The van der Waals surface area contributed by atoms with Crippen molar-refractivity contribution in [3.05, 3.63) is 23.5 Å². The largest absolute Gasteiger partial charge is 0.385 e. The molecule has 1 rings (SSSR count). The average Bonchev–Trinajstić information content (AvgIpc) is 2.39. The molecule has 0 aliphatic rings. The number of unbranched alkanes of at least 4 members (excludes halogenated alkanes) is 2. The Labute approximate surface area is 122 Å². The average molecular weight is 277 g/mol. The first-order valence-electron chi connectivity index (χ1n) is 7.59. The van der Waals surface area contributed by atoms with Gasteiger partial charge in [-0.1, -0.05) is 26.2 Å².